The van der Waals surface area contributed by atoms with Crippen molar-refractivity contribution in [3.05, 3.63) is 24.3 Å². The summed E-state index contributed by atoms with van der Waals surface area (Å²) < 4.78 is 5.12. The summed E-state index contributed by atoms with van der Waals surface area (Å²) in [5, 5.41) is 11.6. The first-order valence-corrected chi connectivity index (χ1v) is 5.57. The van der Waals surface area contributed by atoms with Gasteiger partial charge in [-0.3, -0.25) is 4.79 Å². The number of carbonyl (C=O) groups is 1. The second-order valence-corrected chi connectivity index (χ2v) is 4.13. The van der Waals surface area contributed by atoms with Gasteiger partial charge in [-0.15, -0.1) is 0 Å². The number of nitrogens with zero attached hydrogens (tertiary/aromatic N) is 2. The minimum absolute atomic E-state index is 0.0418. The van der Waals surface area contributed by atoms with Crippen molar-refractivity contribution >= 4 is 17.4 Å². The molecule has 0 spiro atoms. The maximum absolute atomic E-state index is 11.9. The zero-order valence-corrected chi connectivity index (χ0v) is 10.0. The van der Waals surface area contributed by atoms with Crippen LogP contribution in [0.4, 0.5) is 5.69 Å². The molecule has 1 amide bonds. The van der Waals surface area contributed by atoms with Crippen LogP contribution >= 0.6 is 0 Å². The largest absolute Gasteiger partial charge is 0.497 e. The van der Waals surface area contributed by atoms with Gasteiger partial charge in [0.25, 0.3) is 0 Å². The average molecular weight is 249 g/mol. The number of methoxy groups -OCH3 is 1. The molecule has 0 aliphatic carbocycles. The highest BCUT2D eigenvalue weighted by Gasteiger charge is 2.33. The van der Waals surface area contributed by atoms with E-state index >= 15 is 0 Å². The quantitative estimate of drug-likeness (QED) is 0.359. The van der Waals surface area contributed by atoms with E-state index in [-0.39, 0.29) is 24.1 Å². The van der Waals surface area contributed by atoms with Gasteiger partial charge in [-0.2, -0.15) is 0 Å². The predicted octanol–water partition coefficient (Wildman–Crippen LogP) is 0.794. The van der Waals surface area contributed by atoms with Crippen molar-refractivity contribution in [1.29, 1.82) is 0 Å². The summed E-state index contributed by atoms with van der Waals surface area (Å²) in [5.41, 5.74) is 6.29. The Morgan fingerprint density at radius 2 is 2.39 bits per heavy atom. The van der Waals surface area contributed by atoms with Gasteiger partial charge in [-0.05, 0) is 12.1 Å². The van der Waals surface area contributed by atoms with E-state index in [1.807, 2.05) is 18.2 Å². The number of rotatable bonds is 3. The lowest BCUT2D eigenvalue weighted by Crippen LogP contribution is -2.28. The molecule has 0 radical (unpaired) electrons. The fourth-order valence-electron chi connectivity index (χ4n) is 2.02. The molecule has 18 heavy (non-hydrogen) atoms. The third-order valence-electron chi connectivity index (χ3n) is 3.02. The van der Waals surface area contributed by atoms with Crippen molar-refractivity contribution in [2.24, 2.45) is 16.8 Å². The lowest BCUT2D eigenvalue weighted by molar-refractivity contribution is -0.117. The summed E-state index contributed by atoms with van der Waals surface area (Å²) in [6, 6.07) is 7.24. The lowest BCUT2D eigenvalue weighted by Gasteiger charge is -2.17. The van der Waals surface area contributed by atoms with Crippen molar-refractivity contribution in [3.63, 3.8) is 0 Å². The first kappa shape index (κ1) is 12.2. The van der Waals surface area contributed by atoms with E-state index in [1.165, 1.54) is 0 Å². The molecule has 3 N–H and O–H groups in total. The molecule has 1 fully saturated rings. The fraction of sp³-hybridized carbons (Fsp3) is 0.333. The van der Waals surface area contributed by atoms with E-state index in [2.05, 4.69) is 5.16 Å². The molecule has 1 aromatic carbocycles. The van der Waals surface area contributed by atoms with Gasteiger partial charge in [-0.25, -0.2) is 0 Å². The summed E-state index contributed by atoms with van der Waals surface area (Å²) >= 11 is 0. The number of benzene rings is 1. The monoisotopic (exact) mass is 249 g/mol. The molecular formula is C12H15N3O3. The number of oxime groups is 1. The van der Waals surface area contributed by atoms with Gasteiger partial charge < -0.3 is 20.6 Å². The number of anilines is 1. The SMILES string of the molecule is COc1cccc(N2C[C@H](/C(N)=N\O)CC2=O)c1. The highest BCUT2D eigenvalue weighted by molar-refractivity contribution is 6.01. The smallest absolute Gasteiger partial charge is 0.227 e. The van der Waals surface area contributed by atoms with Crippen molar-refractivity contribution in [2.45, 2.75) is 6.42 Å². The Morgan fingerprint density at radius 3 is 3.06 bits per heavy atom. The molecule has 0 aromatic heterocycles. The summed E-state index contributed by atoms with van der Waals surface area (Å²) in [7, 11) is 1.57. The molecule has 0 unspecified atom stereocenters. The van der Waals surface area contributed by atoms with Crippen LogP contribution in [0.15, 0.2) is 29.4 Å². The van der Waals surface area contributed by atoms with E-state index in [0.29, 0.717) is 12.3 Å². The Kier molecular flexibility index (Phi) is 3.36. The molecule has 1 saturated heterocycles. The molecule has 6 nitrogen and oxygen atoms in total. The number of hydrogen-bond acceptors (Lipinski definition) is 4. The number of amidine groups is 1. The standard InChI is InChI=1S/C12H15N3O3/c1-18-10-4-2-3-9(6-10)15-7-8(5-11(15)16)12(13)14-17/h2-4,6,8,17H,5,7H2,1H3,(H2,13,14)/t8-/m1/s1. The van der Waals surface area contributed by atoms with E-state index in [9.17, 15) is 4.79 Å². The third kappa shape index (κ3) is 2.22. The van der Waals surface area contributed by atoms with Gasteiger partial charge in [0.2, 0.25) is 5.91 Å². The first-order valence-electron chi connectivity index (χ1n) is 5.57. The number of hydrogen-bond donors (Lipinski definition) is 2. The number of amides is 1. The van der Waals surface area contributed by atoms with Crippen molar-refractivity contribution in [3.8, 4) is 5.75 Å². The van der Waals surface area contributed by atoms with Gasteiger partial charge in [0.15, 0.2) is 0 Å². The van der Waals surface area contributed by atoms with Crippen LogP contribution in [0.1, 0.15) is 6.42 Å². The first-order chi connectivity index (χ1) is 8.65. The normalized spacial score (nSPS) is 20.3. The Labute approximate surface area is 105 Å². The molecule has 2 rings (SSSR count). The molecule has 96 valence electrons. The zero-order chi connectivity index (χ0) is 13.1. The predicted molar refractivity (Wildman–Crippen MR) is 66.9 cm³/mol. The van der Waals surface area contributed by atoms with Crippen LogP contribution in [-0.4, -0.2) is 30.6 Å². The summed E-state index contributed by atoms with van der Waals surface area (Å²) in [6.45, 7) is 0.419. The fourth-order valence-corrected chi connectivity index (χ4v) is 2.02. The highest BCUT2D eigenvalue weighted by atomic mass is 16.5. The van der Waals surface area contributed by atoms with E-state index < -0.39 is 0 Å². The molecule has 1 heterocycles. The molecule has 6 heteroatoms. The lowest BCUT2D eigenvalue weighted by atomic mass is 10.1. The second kappa shape index (κ2) is 4.95. The Balaban J connectivity index is 2.21. The minimum atomic E-state index is -0.242. The molecule has 1 atom stereocenters. The summed E-state index contributed by atoms with van der Waals surface area (Å²) in [6.07, 6.45) is 0.257. The zero-order valence-electron chi connectivity index (χ0n) is 10.0. The molecule has 0 bridgehead atoms. The number of carbonyl (C=O) groups excluding carboxylic acids is 1. The van der Waals surface area contributed by atoms with E-state index in [4.69, 9.17) is 15.7 Å². The molecule has 1 aliphatic heterocycles. The van der Waals surface area contributed by atoms with Crippen LogP contribution in [0.2, 0.25) is 0 Å². The van der Waals surface area contributed by atoms with Crippen LogP contribution in [0.5, 0.6) is 5.75 Å². The molecule has 1 aliphatic rings. The topological polar surface area (TPSA) is 88.2 Å². The molecular weight excluding hydrogens is 234 g/mol. The van der Waals surface area contributed by atoms with Crippen LogP contribution < -0.4 is 15.4 Å². The van der Waals surface area contributed by atoms with Crippen LogP contribution in [0.25, 0.3) is 0 Å². The summed E-state index contributed by atoms with van der Waals surface area (Å²) in [5.74, 6) is 0.495. The van der Waals surface area contributed by atoms with Crippen LogP contribution in [0, 0.1) is 5.92 Å². The second-order valence-electron chi connectivity index (χ2n) is 4.13. The number of nitrogens with two attached hydrogens (primary N) is 1. The average Bonchev–Trinajstić information content (AvgIpc) is 2.80. The third-order valence-corrected chi connectivity index (χ3v) is 3.02. The van der Waals surface area contributed by atoms with Crippen LogP contribution in [0.3, 0.4) is 0 Å². The van der Waals surface area contributed by atoms with Crippen molar-refractivity contribution < 1.29 is 14.7 Å². The van der Waals surface area contributed by atoms with E-state index in [1.54, 1.807) is 18.1 Å². The maximum Gasteiger partial charge on any atom is 0.227 e. The maximum atomic E-state index is 11.9. The Hall–Kier alpha value is -2.24. The highest BCUT2D eigenvalue weighted by Crippen LogP contribution is 2.27. The van der Waals surface area contributed by atoms with Crippen molar-refractivity contribution in [2.75, 3.05) is 18.6 Å². The van der Waals surface area contributed by atoms with Gasteiger partial charge in [0.1, 0.15) is 11.6 Å². The molecule has 0 saturated carbocycles. The van der Waals surface area contributed by atoms with Crippen LogP contribution in [-0.2, 0) is 4.79 Å². The Bertz CT molecular complexity index is 487. The molecule has 1 aromatic rings. The van der Waals surface area contributed by atoms with E-state index in [0.717, 1.165) is 5.69 Å². The van der Waals surface area contributed by atoms with Gasteiger partial charge in [0.05, 0.1) is 7.11 Å². The Morgan fingerprint density at radius 1 is 1.61 bits per heavy atom. The van der Waals surface area contributed by atoms with Gasteiger partial charge in [0, 0.05) is 30.6 Å². The van der Waals surface area contributed by atoms with Gasteiger partial charge >= 0.3 is 0 Å². The minimum Gasteiger partial charge on any atom is -0.497 e. The number of ether oxygens (including phenoxy) is 1. The summed E-state index contributed by atoms with van der Waals surface area (Å²) in [4.78, 5) is 13.5. The van der Waals surface area contributed by atoms with Crippen molar-refractivity contribution in [1.82, 2.24) is 0 Å². The van der Waals surface area contributed by atoms with Gasteiger partial charge in [-0.1, -0.05) is 11.2 Å².